The van der Waals surface area contributed by atoms with Crippen molar-refractivity contribution < 1.29 is 0 Å². The molecule has 0 bridgehead atoms. The van der Waals surface area contributed by atoms with E-state index in [1.54, 1.807) is 5.57 Å². The molecule has 104 valence electrons. The van der Waals surface area contributed by atoms with Gasteiger partial charge in [-0.25, -0.2) is 0 Å². The van der Waals surface area contributed by atoms with Crippen LogP contribution in [-0.4, -0.2) is 0 Å². The first-order valence-electron chi connectivity index (χ1n) is 7.49. The molecule has 0 aliphatic heterocycles. The summed E-state index contributed by atoms with van der Waals surface area (Å²) in [5.74, 6) is 0. The van der Waals surface area contributed by atoms with Gasteiger partial charge in [0, 0.05) is 0 Å². The maximum Gasteiger partial charge on any atom is -0.0241 e. The summed E-state index contributed by atoms with van der Waals surface area (Å²) in [6.07, 6.45) is 4.66. The van der Waals surface area contributed by atoms with Crippen LogP contribution in [0.25, 0.3) is 0 Å². The Bertz CT molecular complexity index is 485. The van der Waals surface area contributed by atoms with Crippen molar-refractivity contribution in [2.75, 3.05) is 0 Å². The van der Waals surface area contributed by atoms with Crippen LogP contribution in [0.15, 0.2) is 71.8 Å². The zero-order valence-corrected chi connectivity index (χ0v) is 12.6. The van der Waals surface area contributed by atoms with Crippen LogP contribution >= 0.6 is 0 Å². The molecule has 20 heavy (non-hydrogen) atoms. The molecule has 2 aromatic carbocycles. The largest absolute Gasteiger partial charge is 0.0772 e. The molecule has 0 nitrogen and oxygen atoms in total. The number of aryl methyl sites for hydroxylation is 2. The smallest absolute Gasteiger partial charge is 0.0241 e. The number of hydrogen-bond donors (Lipinski definition) is 0. The molecule has 0 fully saturated rings. The molecule has 0 heteroatoms. The molecule has 0 N–H and O–H groups in total. The maximum absolute atomic E-state index is 2.24. The monoisotopic (exact) mass is 264 g/mol. The highest BCUT2D eigenvalue weighted by Gasteiger charge is 2.02. The fourth-order valence-electron chi connectivity index (χ4n) is 2.50. The van der Waals surface area contributed by atoms with Gasteiger partial charge in [0.25, 0.3) is 0 Å². The Labute approximate surface area is 123 Å². The molecule has 0 atom stereocenters. The summed E-state index contributed by atoms with van der Waals surface area (Å²) in [4.78, 5) is 0. The van der Waals surface area contributed by atoms with Gasteiger partial charge in [-0.2, -0.15) is 0 Å². The standard InChI is InChI=1S/C20H24/c1-17(2)20(15-13-18-9-5-3-6-10-18)16-14-19-11-7-4-8-12-19/h3-12H,13-16H2,1-2H3. The molecule has 0 radical (unpaired) electrons. The van der Waals surface area contributed by atoms with E-state index in [9.17, 15) is 0 Å². The van der Waals surface area contributed by atoms with E-state index in [0.717, 1.165) is 12.8 Å². The first kappa shape index (κ1) is 14.6. The lowest BCUT2D eigenvalue weighted by Gasteiger charge is -2.10. The van der Waals surface area contributed by atoms with Gasteiger partial charge < -0.3 is 0 Å². The number of allylic oxidation sites excluding steroid dienone is 2. The predicted molar refractivity (Wildman–Crippen MR) is 87.9 cm³/mol. The molecule has 0 aromatic heterocycles. The van der Waals surface area contributed by atoms with E-state index in [1.165, 1.54) is 29.5 Å². The van der Waals surface area contributed by atoms with E-state index in [2.05, 4.69) is 74.5 Å². The van der Waals surface area contributed by atoms with E-state index in [1.807, 2.05) is 0 Å². The van der Waals surface area contributed by atoms with Gasteiger partial charge in [0.15, 0.2) is 0 Å². The molecule has 0 saturated carbocycles. The van der Waals surface area contributed by atoms with Crippen molar-refractivity contribution in [3.63, 3.8) is 0 Å². The highest BCUT2D eigenvalue weighted by Crippen LogP contribution is 2.19. The van der Waals surface area contributed by atoms with Crippen LogP contribution in [0.2, 0.25) is 0 Å². The number of hydrogen-bond acceptors (Lipinski definition) is 0. The maximum atomic E-state index is 2.24. The van der Waals surface area contributed by atoms with Gasteiger partial charge in [-0.15, -0.1) is 0 Å². The molecule has 0 aliphatic rings. The van der Waals surface area contributed by atoms with E-state index in [-0.39, 0.29) is 0 Å². The van der Waals surface area contributed by atoms with Crippen LogP contribution in [-0.2, 0) is 12.8 Å². The second-order valence-corrected chi connectivity index (χ2v) is 5.57. The Morgan fingerprint density at radius 2 is 1.05 bits per heavy atom. The minimum absolute atomic E-state index is 1.15. The van der Waals surface area contributed by atoms with Crippen molar-refractivity contribution in [2.24, 2.45) is 0 Å². The van der Waals surface area contributed by atoms with Gasteiger partial charge in [0.1, 0.15) is 0 Å². The lowest BCUT2D eigenvalue weighted by Crippen LogP contribution is -1.95. The molecule has 2 aromatic rings. The van der Waals surface area contributed by atoms with Crippen LogP contribution in [0, 0.1) is 0 Å². The van der Waals surface area contributed by atoms with E-state index in [4.69, 9.17) is 0 Å². The minimum Gasteiger partial charge on any atom is -0.0772 e. The van der Waals surface area contributed by atoms with E-state index in [0.29, 0.717) is 0 Å². The summed E-state index contributed by atoms with van der Waals surface area (Å²) < 4.78 is 0. The highest BCUT2D eigenvalue weighted by atomic mass is 14.1. The molecule has 0 saturated heterocycles. The SMILES string of the molecule is CC(C)=C(CCc1ccccc1)CCc1ccccc1. The second kappa shape index (κ2) is 7.69. The quantitative estimate of drug-likeness (QED) is 0.597. The van der Waals surface area contributed by atoms with Crippen LogP contribution in [0.5, 0.6) is 0 Å². The Kier molecular flexibility index (Phi) is 5.61. The molecule has 0 aliphatic carbocycles. The summed E-state index contributed by atoms with van der Waals surface area (Å²) >= 11 is 0. The predicted octanol–water partition coefficient (Wildman–Crippen LogP) is 5.59. The fourth-order valence-corrected chi connectivity index (χ4v) is 2.50. The molecular formula is C20H24. The third-order valence-corrected chi connectivity index (χ3v) is 3.82. The second-order valence-electron chi connectivity index (χ2n) is 5.57. The van der Waals surface area contributed by atoms with Crippen LogP contribution in [0.4, 0.5) is 0 Å². The average molecular weight is 264 g/mol. The third-order valence-electron chi connectivity index (χ3n) is 3.82. The number of rotatable bonds is 6. The van der Waals surface area contributed by atoms with E-state index >= 15 is 0 Å². The Morgan fingerprint density at radius 3 is 1.40 bits per heavy atom. The molecule has 2 rings (SSSR count). The van der Waals surface area contributed by atoms with Crippen molar-refractivity contribution in [1.29, 1.82) is 0 Å². The fraction of sp³-hybridized carbons (Fsp3) is 0.300. The van der Waals surface area contributed by atoms with Crippen molar-refractivity contribution in [3.8, 4) is 0 Å². The molecular weight excluding hydrogens is 240 g/mol. The topological polar surface area (TPSA) is 0 Å². The van der Waals surface area contributed by atoms with E-state index < -0.39 is 0 Å². The first-order chi connectivity index (χ1) is 9.75. The lowest BCUT2D eigenvalue weighted by molar-refractivity contribution is 0.818. The van der Waals surface area contributed by atoms with Crippen LogP contribution in [0.3, 0.4) is 0 Å². The van der Waals surface area contributed by atoms with Gasteiger partial charge >= 0.3 is 0 Å². The van der Waals surface area contributed by atoms with Crippen molar-refractivity contribution in [3.05, 3.63) is 82.9 Å². The summed E-state index contributed by atoms with van der Waals surface area (Å²) in [7, 11) is 0. The van der Waals surface area contributed by atoms with Crippen LogP contribution in [0.1, 0.15) is 37.8 Å². The lowest BCUT2D eigenvalue weighted by atomic mass is 9.95. The van der Waals surface area contributed by atoms with Gasteiger partial charge in [-0.3, -0.25) is 0 Å². The van der Waals surface area contributed by atoms with Gasteiger partial charge in [-0.05, 0) is 50.7 Å². The zero-order chi connectivity index (χ0) is 14.2. The van der Waals surface area contributed by atoms with Crippen molar-refractivity contribution in [2.45, 2.75) is 39.5 Å². The molecule has 0 amide bonds. The summed E-state index contributed by atoms with van der Waals surface area (Å²) in [6, 6.07) is 21.6. The van der Waals surface area contributed by atoms with Crippen LogP contribution < -0.4 is 0 Å². The Balaban J connectivity index is 1.90. The molecule has 0 spiro atoms. The summed E-state index contributed by atoms with van der Waals surface area (Å²) in [5.41, 5.74) is 5.96. The highest BCUT2D eigenvalue weighted by molar-refractivity contribution is 5.21. The summed E-state index contributed by atoms with van der Waals surface area (Å²) in [5, 5.41) is 0. The first-order valence-corrected chi connectivity index (χ1v) is 7.49. The third kappa shape index (κ3) is 4.70. The van der Waals surface area contributed by atoms with Gasteiger partial charge in [0.05, 0.1) is 0 Å². The van der Waals surface area contributed by atoms with Crippen molar-refractivity contribution in [1.82, 2.24) is 0 Å². The Hall–Kier alpha value is -1.82. The molecule has 0 unspecified atom stereocenters. The number of benzene rings is 2. The minimum atomic E-state index is 1.15. The summed E-state index contributed by atoms with van der Waals surface area (Å²) in [6.45, 7) is 4.48. The molecule has 0 heterocycles. The average Bonchev–Trinajstić information content (AvgIpc) is 2.49. The van der Waals surface area contributed by atoms with Crippen molar-refractivity contribution >= 4 is 0 Å². The zero-order valence-electron chi connectivity index (χ0n) is 12.6. The normalized spacial score (nSPS) is 10.3. The van der Waals surface area contributed by atoms with Gasteiger partial charge in [0.2, 0.25) is 0 Å². The van der Waals surface area contributed by atoms with Gasteiger partial charge in [-0.1, -0.05) is 71.8 Å². The Morgan fingerprint density at radius 1 is 0.650 bits per heavy atom.